The van der Waals surface area contributed by atoms with Crippen LogP contribution >= 0.6 is 11.6 Å². The number of nitrogens with one attached hydrogen (secondary N) is 1. The summed E-state index contributed by atoms with van der Waals surface area (Å²) in [6, 6.07) is 17.3. The van der Waals surface area contributed by atoms with Crippen molar-refractivity contribution in [1.29, 1.82) is 0 Å². The van der Waals surface area contributed by atoms with Crippen LogP contribution in [0.5, 0.6) is 0 Å². The number of amides is 1. The van der Waals surface area contributed by atoms with Gasteiger partial charge in [-0.05, 0) is 85.0 Å². The van der Waals surface area contributed by atoms with Crippen LogP contribution < -0.4 is 9.73 Å². The van der Waals surface area contributed by atoms with Crippen molar-refractivity contribution in [1.82, 2.24) is 5.43 Å². The predicted octanol–water partition coefficient (Wildman–Crippen LogP) is 5.00. The van der Waals surface area contributed by atoms with Crippen molar-refractivity contribution in [2.24, 2.45) is 5.10 Å². The van der Waals surface area contributed by atoms with Crippen LogP contribution in [0.15, 0.2) is 65.8 Å². The standard InChI is InChI=1S/C25H26ClN3O3S/c1-17-5-8-22(19(3)18(17)2)15-27-28-25(30)21-9-13-24(14-10-21)29(33(4,31)32)16-20-6-11-23(26)12-7-20/h5-15H,16H2,1-4H3,(H,28,30)/b27-15-. The summed E-state index contributed by atoms with van der Waals surface area (Å²) in [5.74, 6) is -0.386. The van der Waals surface area contributed by atoms with Gasteiger partial charge in [-0.2, -0.15) is 5.10 Å². The highest BCUT2D eigenvalue weighted by Gasteiger charge is 2.18. The number of carbonyl (C=O) groups is 1. The highest BCUT2D eigenvalue weighted by Crippen LogP contribution is 2.22. The van der Waals surface area contributed by atoms with E-state index >= 15 is 0 Å². The minimum Gasteiger partial charge on any atom is -0.267 e. The largest absolute Gasteiger partial charge is 0.271 e. The van der Waals surface area contributed by atoms with E-state index in [-0.39, 0.29) is 12.5 Å². The molecule has 0 fully saturated rings. The zero-order valence-electron chi connectivity index (χ0n) is 19.0. The number of rotatable bonds is 7. The number of sulfonamides is 1. The highest BCUT2D eigenvalue weighted by atomic mass is 35.5. The predicted molar refractivity (Wildman–Crippen MR) is 135 cm³/mol. The van der Waals surface area contributed by atoms with Gasteiger partial charge >= 0.3 is 0 Å². The van der Waals surface area contributed by atoms with Crippen LogP contribution in [-0.4, -0.2) is 26.8 Å². The van der Waals surface area contributed by atoms with Crippen molar-refractivity contribution in [2.75, 3.05) is 10.6 Å². The lowest BCUT2D eigenvalue weighted by Crippen LogP contribution is -2.29. The van der Waals surface area contributed by atoms with Crippen LogP contribution in [0.3, 0.4) is 0 Å². The van der Waals surface area contributed by atoms with E-state index in [2.05, 4.69) is 24.4 Å². The smallest absolute Gasteiger partial charge is 0.267 e. The summed E-state index contributed by atoms with van der Waals surface area (Å²) in [4.78, 5) is 12.5. The van der Waals surface area contributed by atoms with Gasteiger partial charge in [-0.15, -0.1) is 0 Å². The summed E-state index contributed by atoms with van der Waals surface area (Å²) < 4.78 is 26.0. The summed E-state index contributed by atoms with van der Waals surface area (Å²) in [5, 5.41) is 4.65. The van der Waals surface area contributed by atoms with Crippen LogP contribution in [0, 0.1) is 20.8 Å². The van der Waals surface area contributed by atoms with E-state index < -0.39 is 10.0 Å². The van der Waals surface area contributed by atoms with E-state index in [9.17, 15) is 13.2 Å². The second kappa shape index (κ2) is 10.2. The van der Waals surface area contributed by atoms with Gasteiger partial charge in [0.2, 0.25) is 10.0 Å². The molecule has 0 aliphatic rings. The van der Waals surface area contributed by atoms with Gasteiger partial charge < -0.3 is 0 Å². The number of nitrogens with zero attached hydrogens (tertiary/aromatic N) is 2. The molecule has 3 aromatic carbocycles. The molecule has 0 bridgehead atoms. The molecule has 0 aromatic heterocycles. The SMILES string of the molecule is Cc1ccc(/C=N\NC(=O)c2ccc(N(Cc3ccc(Cl)cc3)S(C)(=O)=O)cc2)c(C)c1C. The fourth-order valence-corrected chi connectivity index (χ4v) is 4.29. The molecule has 1 N–H and O–H groups in total. The molecule has 0 spiro atoms. The summed E-state index contributed by atoms with van der Waals surface area (Å²) in [5.41, 5.74) is 8.57. The molecule has 172 valence electrons. The van der Waals surface area contributed by atoms with Gasteiger partial charge in [-0.1, -0.05) is 35.9 Å². The zero-order valence-corrected chi connectivity index (χ0v) is 20.5. The summed E-state index contributed by atoms with van der Waals surface area (Å²) in [7, 11) is -3.54. The van der Waals surface area contributed by atoms with E-state index in [1.54, 1.807) is 54.7 Å². The summed E-state index contributed by atoms with van der Waals surface area (Å²) in [6.07, 6.45) is 2.76. The number of carbonyl (C=O) groups excluding carboxylic acids is 1. The van der Waals surface area contributed by atoms with Gasteiger partial charge in [0.15, 0.2) is 0 Å². The zero-order chi connectivity index (χ0) is 24.2. The molecule has 0 aliphatic carbocycles. The number of anilines is 1. The van der Waals surface area contributed by atoms with Gasteiger partial charge in [-0.25, -0.2) is 13.8 Å². The van der Waals surface area contributed by atoms with Gasteiger partial charge in [0, 0.05) is 10.6 Å². The van der Waals surface area contributed by atoms with Crippen LogP contribution in [0.2, 0.25) is 5.02 Å². The van der Waals surface area contributed by atoms with Crippen LogP contribution in [0.4, 0.5) is 5.69 Å². The van der Waals surface area contributed by atoms with Crippen molar-refractivity contribution in [3.8, 4) is 0 Å². The fraction of sp³-hybridized carbons (Fsp3) is 0.200. The molecule has 0 aliphatic heterocycles. The third kappa shape index (κ3) is 6.21. The topological polar surface area (TPSA) is 78.8 Å². The van der Waals surface area contributed by atoms with E-state index in [4.69, 9.17) is 11.6 Å². The molecule has 33 heavy (non-hydrogen) atoms. The van der Waals surface area contributed by atoms with E-state index in [1.807, 2.05) is 19.1 Å². The maximum atomic E-state index is 12.5. The third-order valence-electron chi connectivity index (χ3n) is 5.53. The Hall–Kier alpha value is -3.16. The van der Waals surface area contributed by atoms with E-state index in [1.165, 1.54) is 15.4 Å². The minimum atomic E-state index is -3.54. The number of halogens is 1. The first-order valence-corrected chi connectivity index (χ1v) is 12.5. The Balaban J connectivity index is 1.73. The lowest BCUT2D eigenvalue weighted by atomic mass is 10.00. The first-order valence-electron chi connectivity index (χ1n) is 10.3. The molecule has 1 amide bonds. The number of aryl methyl sites for hydroxylation is 1. The van der Waals surface area contributed by atoms with Gasteiger partial charge in [0.25, 0.3) is 5.91 Å². The first kappa shape index (κ1) is 24.5. The molecule has 0 unspecified atom stereocenters. The maximum absolute atomic E-state index is 12.5. The number of hydrazone groups is 1. The van der Waals surface area contributed by atoms with Gasteiger partial charge in [0.05, 0.1) is 24.7 Å². The molecular weight excluding hydrogens is 458 g/mol. The quantitative estimate of drug-likeness (QED) is 0.379. The van der Waals surface area contributed by atoms with E-state index in [0.717, 1.165) is 22.9 Å². The average Bonchev–Trinajstić information content (AvgIpc) is 2.78. The molecule has 3 rings (SSSR count). The average molecular weight is 484 g/mol. The number of hydrogen-bond acceptors (Lipinski definition) is 4. The maximum Gasteiger partial charge on any atom is 0.271 e. The normalized spacial score (nSPS) is 11.5. The van der Waals surface area contributed by atoms with Crippen LogP contribution in [-0.2, 0) is 16.6 Å². The van der Waals surface area contributed by atoms with Crippen LogP contribution in [0.25, 0.3) is 0 Å². The van der Waals surface area contributed by atoms with Crippen molar-refractivity contribution < 1.29 is 13.2 Å². The second-order valence-corrected chi connectivity index (χ2v) is 10.2. The molecular formula is C25H26ClN3O3S. The van der Waals surface area contributed by atoms with Gasteiger partial charge in [0.1, 0.15) is 0 Å². The second-order valence-electron chi connectivity index (χ2n) is 7.86. The fourth-order valence-electron chi connectivity index (χ4n) is 3.28. The Morgan fingerprint density at radius 3 is 2.21 bits per heavy atom. The summed E-state index contributed by atoms with van der Waals surface area (Å²) in [6.45, 7) is 6.27. The van der Waals surface area contributed by atoms with Crippen molar-refractivity contribution in [3.05, 3.63) is 99.1 Å². The molecule has 3 aromatic rings. The Labute approximate surface area is 200 Å². The Bertz CT molecular complexity index is 1290. The highest BCUT2D eigenvalue weighted by molar-refractivity contribution is 7.92. The monoisotopic (exact) mass is 483 g/mol. The Morgan fingerprint density at radius 2 is 1.61 bits per heavy atom. The Morgan fingerprint density at radius 1 is 0.970 bits per heavy atom. The van der Waals surface area contributed by atoms with Gasteiger partial charge in [-0.3, -0.25) is 9.10 Å². The molecule has 0 saturated carbocycles. The van der Waals surface area contributed by atoms with Crippen LogP contribution in [0.1, 0.15) is 38.2 Å². The van der Waals surface area contributed by atoms with E-state index in [0.29, 0.717) is 16.3 Å². The lowest BCUT2D eigenvalue weighted by molar-refractivity contribution is 0.0955. The lowest BCUT2D eigenvalue weighted by Gasteiger charge is -2.22. The molecule has 6 nitrogen and oxygen atoms in total. The summed E-state index contributed by atoms with van der Waals surface area (Å²) >= 11 is 5.91. The first-order chi connectivity index (χ1) is 15.6. The number of benzene rings is 3. The van der Waals surface area contributed by atoms with Crippen molar-refractivity contribution >= 4 is 39.4 Å². The molecule has 0 heterocycles. The Kier molecular flexibility index (Phi) is 7.56. The number of hydrogen-bond donors (Lipinski definition) is 1. The molecule has 0 saturated heterocycles. The third-order valence-corrected chi connectivity index (χ3v) is 6.92. The molecule has 0 radical (unpaired) electrons. The minimum absolute atomic E-state index is 0.154. The molecule has 0 atom stereocenters. The van der Waals surface area contributed by atoms with Crippen molar-refractivity contribution in [3.63, 3.8) is 0 Å². The van der Waals surface area contributed by atoms with Crippen molar-refractivity contribution in [2.45, 2.75) is 27.3 Å². The molecule has 8 heteroatoms.